The van der Waals surface area contributed by atoms with Crippen LogP contribution in [0.3, 0.4) is 0 Å². The Bertz CT molecular complexity index is 401. The van der Waals surface area contributed by atoms with Crippen LogP contribution in [0.4, 0.5) is 5.69 Å². The van der Waals surface area contributed by atoms with Gasteiger partial charge >= 0.3 is 0 Å². The molecule has 2 aliphatic heterocycles. The van der Waals surface area contributed by atoms with Crippen molar-refractivity contribution in [3.63, 3.8) is 0 Å². The minimum Gasteiger partial charge on any atom is -0.374 e. The summed E-state index contributed by atoms with van der Waals surface area (Å²) in [5.74, 6) is 3.33. The zero-order chi connectivity index (χ0) is 12.4. The monoisotopic (exact) mass is 262 g/mol. The van der Waals surface area contributed by atoms with Gasteiger partial charge in [0.15, 0.2) is 0 Å². The van der Waals surface area contributed by atoms with Gasteiger partial charge in [-0.05, 0) is 30.2 Å². The zero-order valence-electron chi connectivity index (χ0n) is 11.1. The number of nitrogens with zero attached hydrogens (tertiary/aromatic N) is 1. The molecule has 0 unspecified atom stereocenters. The molecule has 0 bridgehead atoms. The largest absolute Gasteiger partial charge is 0.374 e. The molecule has 2 aliphatic rings. The topological polar surface area (TPSA) is 15.3 Å². The fraction of sp³-hybridized carbons (Fsp3) is 0.600. The van der Waals surface area contributed by atoms with Crippen LogP contribution >= 0.6 is 11.8 Å². The van der Waals surface area contributed by atoms with Crippen molar-refractivity contribution in [1.29, 1.82) is 0 Å². The molecule has 1 N–H and O–H groups in total. The number of anilines is 1. The number of benzene rings is 1. The van der Waals surface area contributed by atoms with Gasteiger partial charge in [-0.15, -0.1) is 0 Å². The lowest BCUT2D eigenvalue weighted by molar-refractivity contribution is 0.485. The Kier molecular flexibility index (Phi) is 3.80. The van der Waals surface area contributed by atoms with E-state index in [1.54, 1.807) is 0 Å². The molecule has 1 aromatic carbocycles. The first-order valence-electron chi connectivity index (χ1n) is 6.96. The van der Waals surface area contributed by atoms with Crippen molar-refractivity contribution in [3.05, 3.63) is 29.8 Å². The normalized spacial score (nSPS) is 27.3. The highest BCUT2D eigenvalue weighted by Gasteiger charge is 2.24. The lowest BCUT2D eigenvalue weighted by atomic mass is 9.90. The van der Waals surface area contributed by atoms with Crippen LogP contribution < -0.4 is 10.2 Å². The summed E-state index contributed by atoms with van der Waals surface area (Å²) in [6.07, 6.45) is 2.62. The number of thioether (sulfide) groups is 1. The lowest BCUT2D eigenvalue weighted by Crippen LogP contribution is -2.36. The Morgan fingerprint density at radius 3 is 3.06 bits per heavy atom. The van der Waals surface area contributed by atoms with Gasteiger partial charge in [-0.3, -0.25) is 0 Å². The number of para-hydroxylation sites is 1. The molecule has 98 valence electrons. The van der Waals surface area contributed by atoms with Crippen LogP contribution in [0, 0.1) is 0 Å². The summed E-state index contributed by atoms with van der Waals surface area (Å²) in [6, 6.07) is 9.64. The van der Waals surface area contributed by atoms with Gasteiger partial charge in [-0.25, -0.2) is 0 Å². The molecule has 0 spiro atoms. The Hall–Kier alpha value is -0.670. The third-order valence-electron chi connectivity index (χ3n) is 4.18. The first kappa shape index (κ1) is 12.4. The van der Waals surface area contributed by atoms with Crippen molar-refractivity contribution in [2.75, 3.05) is 36.5 Å². The maximum absolute atomic E-state index is 3.77. The van der Waals surface area contributed by atoms with Crippen molar-refractivity contribution in [1.82, 2.24) is 5.32 Å². The van der Waals surface area contributed by atoms with Crippen molar-refractivity contribution >= 4 is 17.4 Å². The van der Waals surface area contributed by atoms with E-state index in [4.69, 9.17) is 0 Å². The highest BCUT2D eigenvalue weighted by atomic mass is 32.2. The smallest absolute Gasteiger partial charge is 0.0399 e. The van der Waals surface area contributed by atoms with Gasteiger partial charge < -0.3 is 10.2 Å². The van der Waals surface area contributed by atoms with Crippen molar-refractivity contribution in [2.45, 2.75) is 24.8 Å². The Balaban J connectivity index is 1.68. The van der Waals surface area contributed by atoms with Crippen LogP contribution in [0.2, 0.25) is 0 Å². The molecule has 2 nitrogen and oxygen atoms in total. The molecule has 1 aromatic rings. The molecule has 2 atom stereocenters. The highest BCUT2D eigenvalue weighted by molar-refractivity contribution is 7.99. The molecular weight excluding hydrogens is 240 g/mol. The van der Waals surface area contributed by atoms with E-state index in [2.05, 4.69) is 53.3 Å². The van der Waals surface area contributed by atoms with E-state index in [9.17, 15) is 0 Å². The van der Waals surface area contributed by atoms with Crippen LogP contribution in [-0.2, 0) is 0 Å². The lowest BCUT2D eigenvalue weighted by Gasteiger charge is -2.33. The van der Waals surface area contributed by atoms with Crippen LogP contribution in [0.25, 0.3) is 0 Å². The van der Waals surface area contributed by atoms with Crippen LogP contribution in [0.5, 0.6) is 0 Å². The van der Waals surface area contributed by atoms with Crippen LogP contribution in [0.15, 0.2) is 24.3 Å². The quantitative estimate of drug-likeness (QED) is 0.901. The molecule has 0 aliphatic carbocycles. The van der Waals surface area contributed by atoms with E-state index in [0.717, 1.165) is 12.6 Å². The number of rotatable bonds is 3. The van der Waals surface area contributed by atoms with E-state index < -0.39 is 0 Å². The van der Waals surface area contributed by atoms with E-state index in [0.29, 0.717) is 5.92 Å². The fourth-order valence-corrected chi connectivity index (χ4v) is 4.21. The molecule has 3 rings (SSSR count). The van der Waals surface area contributed by atoms with Gasteiger partial charge in [0.05, 0.1) is 0 Å². The summed E-state index contributed by atoms with van der Waals surface area (Å²) in [4.78, 5) is 2.39. The highest BCUT2D eigenvalue weighted by Crippen LogP contribution is 2.34. The minimum absolute atomic E-state index is 0.697. The first-order chi connectivity index (χ1) is 8.84. The third kappa shape index (κ3) is 2.52. The molecule has 18 heavy (non-hydrogen) atoms. The summed E-state index contributed by atoms with van der Waals surface area (Å²) >= 11 is 2.08. The predicted octanol–water partition coefficient (Wildman–Crippen LogP) is 2.71. The van der Waals surface area contributed by atoms with E-state index >= 15 is 0 Å². The molecule has 0 amide bonds. The van der Waals surface area contributed by atoms with Crippen LogP contribution in [-0.4, -0.2) is 37.7 Å². The van der Waals surface area contributed by atoms with Crippen molar-refractivity contribution in [2.24, 2.45) is 0 Å². The number of fused-ring (bicyclic) bond motifs is 1. The van der Waals surface area contributed by atoms with Gasteiger partial charge in [-0.1, -0.05) is 18.2 Å². The van der Waals surface area contributed by atoms with Gasteiger partial charge in [0, 0.05) is 43.5 Å². The SMILES string of the molecule is CN1CC[C@H](CN[C@H]2CCSC2)c2ccccc21. The Labute approximate surface area is 114 Å². The first-order valence-corrected chi connectivity index (χ1v) is 8.11. The summed E-state index contributed by atoms with van der Waals surface area (Å²) in [7, 11) is 2.20. The third-order valence-corrected chi connectivity index (χ3v) is 5.35. The molecule has 0 radical (unpaired) electrons. The maximum atomic E-state index is 3.77. The van der Waals surface area contributed by atoms with E-state index in [-0.39, 0.29) is 0 Å². The second-order valence-corrected chi connectivity index (χ2v) is 6.58. The molecule has 3 heteroatoms. The molecule has 1 saturated heterocycles. The summed E-state index contributed by atoms with van der Waals surface area (Å²) in [5.41, 5.74) is 2.96. The van der Waals surface area contributed by atoms with Crippen LogP contribution in [0.1, 0.15) is 24.3 Å². The molecular formula is C15H22N2S. The summed E-state index contributed by atoms with van der Waals surface area (Å²) in [6.45, 7) is 2.33. The van der Waals surface area contributed by atoms with Crippen molar-refractivity contribution < 1.29 is 0 Å². The van der Waals surface area contributed by atoms with E-state index in [1.165, 1.54) is 42.1 Å². The minimum atomic E-state index is 0.697. The number of nitrogens with one attached hydrogen (secondary N) is 1. The Morgan fingerprint density at radius 1 is 1.33 bits per heavy atom. The predicted molar refractivity (Wildman–Crippen MR) is 80.8 cm³/mol. The molecule has 0 aromatic heterocycles. The summed E-state index contributed by atoms with van der Waals surface area (Å²) in [5, 5.41) is 3.77. The average molecular weight is 262 g/mol. The fourth-order valence-electron chi connectivity index (χ4n) is 3.02. The van der Waals surface area contributed by atoms with Crippen molar-refractivity contribution in [3.8, 4) is 0 Å². The molecule has 2 heterocycles. The van der Waals surface area contributed by atoms with Gasteiger partial charge in [-0.2, -0.15) is 11.8 Å². The Morgan fingerprint density at radius 2 is 2.22 bits per heavy atom. The van der Waals surface area contributed by atoms with E-state index in [1.807, 2.05) is 0 Å². The van der Waals surface area contributed by atoms with Gasteiger partial charge in [0.1, 0.15) is 0 Å². The second-order valence-electron chi connectivity index (χ2n) is 5.43. The second kappa shape index (κ2) is 5.54. The van der Waals surface area contributed by atoms with Gasteiger partial charge in [0.2, 0.25) is 0 Å². The standard InChI is InChI=1S/C15H22N2S/c1-17-8-6-12(10-16-13-7-9-18-11-13)14-4-2-3-5-15(14)17/h2-5,12-13,16H,6-11H2,1H3/t12-,13+/m1/s1. The molecule has 1 fully saturated rings. The number of hydrogen-bond acceptors (Lipinski definition) is 3. The zero-order valence-corrected chi connectivity index (χ0v) is 11.9. The number of hydrogen-bond donors (Lipinski definition) is 1. The van der Waals surface area contributed by atoms with Gasteiger partial charge in [0.25, 0.3) is 0 Å². The summed E-state index contributed by atoms with van der Waals surface area (Å²) < 4.78 is 0. The average Bonchev–Trinajstić information content (AvgIpc) is 2.92. The maximum Gasteiger partial charge on any atom is 0.0399 e. The molecule has 0 saturated carbocycles.